The first kappa shape index (κ1) is 19.8. The number of amides is 1. The van der Waals surface area contributed by atoms with Crippen LogP contribution in [0.4, 0.5) is 10.9 Å². The molecule has 0 aliphatic heterocycles. The van der Waals surface area contributed by atoms with Crippen molar-refractivity contribution in [2.45, 2.75) is 18.4 Å². The topological polar surface area (TPSA) is 128 Å². The Morgan fingerprint density at radius 3 is 2.68 bits per heavy atom. The summed E-state index contributed by atoms with van der Waals surface area (Å²) in [6, 6.07) is 7.87. The van der Waals surface area contributed by atoms with E-state index in [1.807, 2.05) is 35.9 Å². The average Bonchev–Trinajstić information content (AvgIpc) is 3.33. The van der Waals surface area contributed by atoms with Crippen molar-refractivity contribution >= 4 is 51.3 Å². The van der Waals surface area contributed by atoms with E-state index in [2.05, 4.69) is 21.4 Å². The molecule has 3 aromatic rings. The smallest absolute Gasteiger partial charge is 0.226 e. The second-order valence-electron chi connectivity index (χ2n) is 5.57. The quantitative estimate of drug-likeness (QED) is 0.569. The van der Waals surface area contributed by atoms with Crippen molar-refractivity contribution in [3.05, 3.63) is 39.7 Å². The first-order chi connectivity index (χ1) is 13.5. The van der Waals surface area contributed by atoms with Crippen molar-refractivity contribution in [3.8, 4) is 22.6 Å². The van der Waals surface area contributed by atoms with Gasteiger partial charge in [-0.25, -0.2) is 9.97 Å². The Morgan fingerprint density at radius 2 is 2.07 bits per heavy atom. The maximum atomic E-state index is 12.1. The second-order valence-corrected chi connectivity index (χ2v) is 8.46. The Kier molecular flexibility index (Phi) is 6.26. The van der Waals surface area contributed by atoms with Crippen LogP contribution in [0.3, 0.4) is 0 Å². The monoisotopic (exact) mass is 426 g/mol. The number of thiazole rings is 1. The summed E-state index contributed by atoms with van der Waals surface area (Å²) in [4.78, 5) is 21.3. The number of nitriles is 2. The van der Waals surface area contributed by atoms with Crippen molar-refractivity contribution in [2.24, 2.45) is 0 Å². The number of aryl methyl sites for hydroxylation is 1. The molecule has 0 aromatic carbocycles. The SMILES string of the molecule is Cc1csc(NC(=O)CCSc2nc(N)c(C#N)c(-c3cccs3)c2C#N)n1. The van der Waals surface area contributed by atoms with Crippen molar-refractivity contribution in [1.82, 2.24) is 9.97 Å². The van der Waals surface area contributed by atoms with Gasteiger partial charge in [0.1, 0.15) is 28.5 Å². The van der Waals surface area contributed by atoms with Crippen LogP contribution in [0.5, 0.6) is 0 Å². The molecule has 1 amide bonds. The molecule has 0 fully saturated rings. The molecule has 10 heteroatoms. The van der Waals surface area contributed by atoms with Crippen LogP contribution in [-0.2, 0) is 4.79 Å². The molecule has 0 atom stereocenters. The zero-order valence-electron chi connectivity index (χ0n) is 14.7. The average molecular weight is 427 g/mol. The number of pyridine rings is 1. The highest BCUT2D eigenvalue weighted by molar-refractivity contribution is 7.99. The minimum absolute atomic E-state index is 0.0788. The molecular formula is C18H14N6OS3. The lowest BCUT2D eigenvalue weighted by Gasteiger charge is -2.11. The lowest BCUT2D eigenvalue weighted by atomic mass is 10.0. The number of hydrogen-bond acceptors (Lipinski definition) is 9. The summed E-state index contributed by atoms with van der Waals surface area (Å²) in [6.45, 7) is 1.86. The molecule has 3 aromatic heterocycles. The Balaban J connectivity index is 1.78. The zero-order valence-corrected chi connectivity index (χ0v) is 17.2. The number of nitrogens with zero attached hydrogens (tertiary/aromatic N) is 4. The number of hydrogen-bond donors (Lipinski definition) is 2. The highest BCUT2D eigenvalue weighted by Crippen LogP contribution is 2.37. The molecule has 0 unspecified atom stereocenters. The first-order valence-corrected chi connectivity index (χ1v) is 10.8. The highest BCUT2D eigenvalue weighted by atomic mass is 32.2. The molecule has 7 nitrogen and oxygen atoms in total. The number of anilines is 2. The summed E-state index contributed by atoms with van der Waals surface area (Å²) < 4.78 is 0. The molecule has 0 bridgehead atoms. The van der Waals surface area contributed by atoms with Crippen molar-refractivity contribution < 1.29 is 4.79 Å². The number of carbonyl (C=O) groups is 1. The molecule has 0 saturated heterocycles. The minimum Gasteiger partial charge on any atom is -0.383 e. The van der Waals surface area contributed by atoms with Gasteiger partial charge in [-0.15, -0.1) is 34.4 Å². The van der Waals surface area contributed by atoms with Crippen LogP contribution in [-0.4, -0.2) is 21.6 Å². The maximum Gasteiger partial charge on any atom is 0.226 e. The predicted molar refractivity (Wildman–Crippen MR) is 112 cm³/mol. The molecule has 0 aliphatic rings. The molecular weight excluding hydrogens is 412 g/mol. The number of thiophene rings is 1. The predicted octanol–water partition coefficient (Wildman–Crippen LogP) is 4.02. The largest absolute Gasteiger partial charge is 0.383 e. The van der Waals surface area contributed by atoms with E-state index in [1.54, 1.807) is 0 Å². The van der Waals surface area contributed by atoms with Gasteiger partial charge in [0.2, 0.25) is 5.91 Å². The molecule has 0 radical (unpaired) electrons. The van der Waals surface area contributed by atoms with Crippen molar-refractivity contribution in [2.75, 3.05) is 16.8 Å². The van der Waals surface area contributed by atoms with E-state index in [0.29, 0.717) is 27.0 Å². The zero-order chi connectivity index (χ0) is 20.1. The van der Waals surface area contributed by atoms with E-state index in [0.717, 1.165) is 10.6 Å². The van der Waals surface area contributed by atoms with Gasteiger partial charge in [-0.2, -0.15) is 10.5 Å². The van der Waals surface area contributed by atoms with E-state index in [-0.39, 0.29) is 23.7 Å². The summed E-state index contributed by atoms with van der Waals surface area (Å²) in [5, 5.41) is 26.6. The fourth-order valence-electron chi connectivity index (χ4n) is 2.40. The fourth-order valence-corrected chi connectivity index (χ4v) is 4.83. The maximum absolute atomic E-state index is 12.1. The number of nitrogens with one attached hydrogen (secondary N) is 1. The van der Waals surface area contributed by atoms with Gasteiger partial charge in [0.25, 0.3) is 0 Å². The number of nitrogens with two attached hydrogens (primary N) is 1. The van der Waals surface area contributed by atoms with Crippen LogP contribution in [0.1, 0.15) is 23.2 Å². The van der Waals surface area contributed by atoms with Crippen molar-refractivity contribution in [3.63, 3.8) is 0 Å². The molecule has 0 saturated carbocycles. The molecule has 28 heavy (non-hydrogen) atoms. The van der Waals surface area contributed by atoms with Gasteiger partial charge in [-0.05, 0) is 18.4 Å². The molecule has 0 spiro atoms. The summed E-state index contributed by atoms with van der Waals surface area (Å²) in [5.74, 6) is 0.322. The van der Waals surface area contributed by atoms with E-state index in [4.69, 9.17) is 5.73 Å². The summed E-state index contributed by atoms with van der Waals surface area (Å²) >= 11 is 4.05. The Bertz CT molecular complexity index is 1090. The van der Waals surface area contributed by atoms with Gasteiger partial charge in [0, 0.05) is 28.0 Å². The third-order valence-electron chi connectivity index (χ3n) is 3.62. The van der Waals surface area contributed by atoms with Crippen molar-refractivity contribution in [1.29, 1.82) is 10.5 Å². The molecule has 3 heterocycles. The molecule has 3 rings (SSSR count). The highest BCUT2D eigenvalue weighted by Gasteiger charge is 2.21. The van der Waals surface area contributed by atoms with E-state index in [9.17, 15) is 15.3 Å². The Morgan fingerprint density at radius 1 is 1.29 bits per heavy atom. The normalized spacial score (nSPS) is 10.2. The van der Waals surface area contributed by atoms with Crippen LogP contribution in [0.25, 0.3) is 10.4 Å². The number of carbonyl (C=O) groups excluding carboxylic acids is 1. The van der Waals surface area contributed by atoms with Gasteiger partial charge < -0.3 is 11.1 Å². The van der Waals surface area contributed by atoms with E-state index in [1.165, 1.54) is 34.4 Å². The first-order valence-electron chi connectivity index (χ1n) is 8.05. The molecule has 3 N–H and O–H groups in total. The Hall–Kier alpha value is -2.92. The minimum atomic E-state index is -0.166. The number of rotatable bonds is 6. The summed E-state index contributed by atoms with van der Waals surface area (Å²) in [5.41, 5.74) is 7.81. The molecule has 140 valence electrons. The van der Waals surface area contributed by atoms with Crippen LogP contribution in [0.2, 0.25) is 0 Å². The number of nitrogen functional groups attached to an aromatic ring is 1. The van der Waals surface area contributed by atoms with Crippen LogP contribution >= 0.6 is 34.4 Å². The standard InChI is InChI=1S/C18H14N6OS3/c1-10-9-28-18(22-10)23-14(25)4-6-27-17-12(8-20)15(13-3-2-5-26-13)11(7-19)16(21)24-17/h2-3,5,9H,4,6H2,1H3,(H2,21,24)(H,22,23,25). The van der Waals surface area contributed by atoms with Crippen LogP contribution < -0.4 is 11.1 Å². The second kappa shape index (κ2) is 8.85. The molecule has 0 aliphatic carbocycles. The lowest BCUT2D eigenvalue weighted by molar-refractivity contribution is -0.115. The summed E-state index contributed by atoms with van der Waals surface area (Å²) in [7, 11) is 0. The van der Waals surface area contributed by atoms with Crippen LogP contribution in [0, 0.1) is 29.6 Å². The Labute approximate surface area is 173 Å². The van der Waals surface area contributed by atoms with Gasteiger partial charge in [-0.1, -0.05) is 6.07 Å². The fraction of sp³-hybridized carbons (Fsp3) is 0.167. The third-order valence-corrected chi connectivity index (χ3v) is 6.36. The summed E-state index contributed by atoms with van der Waals surface area (Å²) in [6.07, 6.45) is 0.226. The van der Waals surface area contributed by atoms with E-state index >= 15 is 0 Å². The van der Waals surface area contributed by atoms with Gasteiger partial charge >= 0.3 is 0 Å². The lowest BCUT2D eigenvalue weighted by Crippen LogP contribution is -2.12. The van der Waals surface area contributed by atoms with Gasteiger partial charge in [0.05, 0.1) is 11.3 Å². The number of thioether (sulfide) groups is 1. The van der Waals surface area contributed by atoms with Gasteiger partial charge in [0.15, 0.2) is 5.13 Å². The van der Waals surface area contributed by atoms with Gasteiger partial charge in [-0.3, -0.25) is 4.79 Å². The van der Waals surface area contributed by atoms with Crippen LogP contribution in [0.15, 0.2) is 27.9 Å². The number of aromatic nitrogens is 2. The van der Waals surface area contributed by atoms with E-state index < -0.39 is 0 Å². The third kappa shape index (κ3) is 4.31.